The van der Waals surface area contributed by atoms with Gasteiger partial charge in [-0.3, -0.25) is 4.79 Å². The molecule has 2 bridgehead atoms. The van der Waals surface area contributed by atoms with Crippen LogP contribution in [0, 0.1) is 0 Å². The van der Waals surface area contributed by atoms with Crippen LogP contribution < -0.4 is 5.32 Å². The Labute approximate surface area is 66.6 Å². The summed E-state index contributed by atoms with van der Waals surface area (Å²) in [6, 6.07) is -1.00. The van der Waals surface area contributed by atoms with Crippen LogP contribution in [0.3, 0.4) is 0 Å². The Kier molecular flexibility index (Phi) is 0.787. The van der Waals surface area contributed by atoms with E-state index in [4.69, 9.17) is 5.48 Å². The monoisotopic (exact) mass is 143 g/mol. The van der Waals surface area contributed by atoms with E-state index < -0.39 is 30.6 Å². The van der Waals surface area contributed by atoms with Crippen LogP contribution in [-0.4, -0.2) is 17.9 Å². The molecule has 2 aliphatic heterocycles. The smallest absolute Gasteiger partial charge is 0.136 e. The Bertz CT molecular complexity index is 255. The quantitative estimate of drug-likeness (QED) is 0.545. The van der Waals surface area contributed by atoms with Gasteiger partial charge in [0.2, 0.25) is 0 Å². The van der Waals surface area contributed by atoms with Gasteiger partial charge in [0.25, 0.3) is 0 Å². The van der Waals surface area contributed by atoms with E-state index in [-0.39, 0.29) is 0 Å². The lowest BCUT2D eigenvalue weighted by Gasteiger charge is -2.34. The summed E-state index contributed by atoms with van der Waals surface area (Å²) in [7, 11) is 0. The summed E-state index contributed by atoms with van der Waals surface area (Å²) in [6.45, 7) is 0. The number of Topliss-reactive ketones (excluding diaryl/α,β-unsaturated/α-hetero) is 1. The fourth-order valence-corrected chi connectivity index (χ4v) is 1.52. The molecule has 0 aliphatic carbocycles. The van der Waals surface area contributed by atoms with Crippen molar-refractivity contribution in [1.29, 1.82) is 0 Å². The molecule has 10 heavy (non-hydrogen) atoms. The van der Waals surface area contributed by atoms with Crippen molar-refractivity contribution >= 4 is 5.78 Å². The number of hydrogen-bond acceptors (Lipinski definition) is 2. The van der Waals surface area contributed by atoms with Crippen molar-refractivity contribution in [2.24, 2.45) is 0 Å². The second-order valence-corrected chi connectivity index (χ2v) is 2.82. The average molecular weight is 143 g/mol. The maximum absolute atomic E-state index is 11.6. The van der Waals surface area contributed by atoms with Crippen molar-refractivity contribution in [2.75, 3.05) is 0 Å². The molecule has 0 amide bonds. The van der Waals surface area contributed by atoms with Gasteiger partial charge in [-0.1, -0.05) is 6.42 Å². The predicted molar refractivity (Wildman–Crippen MR) is 38.8 cm³/mol. The lowest BCUT2D eigenvalue weighted by atomic mass is 9.86. The summed E-state index contributed by atoms with van der Waals surface area (Å²) in [5.74, 6) is -0.890. The van der Waals surface area contributed by atoms with Crippen LogP contribution in [0.25, 0.3) is 0 Å². The molecule has 0 spiro atoms. The van der Waals surface area contributed by atoms with Gasteiger partial charge in [-0.2, -0.15) is 0 Å². The van der Waals surface area contributed by atoms with Crippen LogP contribution in [0.4, 0.5) is 0 Å². The van der Waals surface area contributed by atoms with E-state index in [0.29, 0.717) is 12.8 Å². The van der Waals surface area contributed by atoms with E-state index in [0.717, 1.165) is 6.42 Å². The van der Waals surface area contributed by atoms with Gasteiger partial charge in [-0.25, -0.2) is 0 Å². The number of carbonyl (C=O) groups is 1. The summed E-state index contributed by atoms with van der Waals surface area (Å²) >= 11 is 0. The van der Waals surface area contributed by atoms with E-state index in [9.17, 15) is 4.79 Å². The molecule has 2 aliphatic rings. The minimum absolute atomic E-state index is 0.502. The third-order valence-corrected chi connectivity index (χ3v) is 2.00. The molecular weight excluding hydrogens is 126 g/mol. The zero-order valence-corrected chi connectivity index (χ0v) is 5.68. The molecule has 1 N–H and O–H groups in total. The van der Waals surface area contributed by atoms with Gasteiger partial charge in [-0.15, -0.1) is 0 Å². The van der Waals surface area contributed by atoms with Gasteiger partial charge < -0.3 is 5.32 Å². The van der Waals surface area contributed by atoms with E-state index in [1.54, 1.807) is 0 Å². The van der Waals surface area contributed by atoms with E-state index in [2.05, 4.69) is 5.32 Å². The largest absolute Gasteiger partial charge is 0.310 e. The van der Waals surface area contributed by atoms with Gasteiger partial charge >= 0.3 is 0 Å². The van der Waals surface area contributed by atoms with Gasteiger partial charge in [0.15, 0.2) is 0 Å². The molecule has 2 nitrogen and oxygen atoms in total. The summed E-state index contributed by atoms with van der Waals surface area (Å²) in [4.78, 5) is 11.6. The maximum atomic E-state index is 11.6. The maximum Gasteiger partial charge on any atom is 0.136 e. The lowest BCUT2D eigenvalue weighted by Crippen LogP contribution is -2.48. The molecule has 0 aromatic carbocycles. The number of fused-ring (bicyclic) bond motifs is 2. The molecule has 0 saturated carbocycles. The summed E-state index contributed by atoms with van der Waals surface area (Å²) in [5, 5.41) is 2.89. The standard InChI is InChI=1S/C8H13NO/c10-8-4-6-2-1-3-7(5-8)9-6/h6-7,9H,1-5H2/i4D2,5D2. The number of carbonyl (C=O) groups excluding carboxylic acids is 1. The van der Waals surface area contributed by atoms with Gasteiger partial charge in [0.1, 0.15) is 5.78 Å². The molecule has 2 heterocycles. The van der Waals surface area contributed by atoms with Crippen LogP contribution in [0.5, 0.6) is 0 Å². The molecule has 0 radical (unpaired) electrons. The minimum atomic E-state index is -2.06. The highest BCUT2D eigenvalue weighted by Crippen LogP contribution is 2.22. The van der Waals surface area contributed by atoms with Crippen LogP contribution in [-0.2, 0) is 4.79 Å². The van der Waals surface area contributed by atoms with Crippen molar-refractivity contribution in [2.45, 2.75) is 44.1 Å². The molecule has 0 aromatic rings. The fraction of sp³-hybridized carbons (Fsp3) is 0.875. The second kappa shape index (κ2) is 2.35. The highest BCUT2D eigenvalue weighted by atomic mass is 16.1. The molecule has 2 rings (SSSR count). The lowest BCUT2D eigenvalue weighted by molar-refractivity contribution is -0.122. The average Bonchev–Trinajstić information content (AvgIpc) is 2.15. The summed E-state index contributed by atoms with van der Waals surface area (Å²) in [5.41, 5.74) is 0. The number of hydrogen-bond donors (Lipinski definition) is 1. The number of nitrogens with one attached hydrogen (secondary N) is 1. The number of rotatable bonds is 0. The zero-order chi connectivity index (χ0) is 10.6. The first-order valence-corrected chi connectivity index (χ1v) is 3.68. The van der Waals surface area contributed by atoms with E-state index in [1.165, 1.54) is 0 Å². The topological polar surface area (TPSA) is 29.1 Å². The Morgan fingerprint density at radius 2 is 2.00 bits per heavy atom. The van der Waals surface area contributed by atoms with Crippen LogP contribution >= 0.6 is 0 Å². The van der Waals surface area contributed by atoms with Gasteiger partial charge in [0, 0.05) is 30.3 Å². The predicted octanol–water partition coefficient (Wildman–Crippen LogP) is 0.860. The first kappa shape index (κ1) is 3.35. The fourth-order valence-electron chi connectivity index (χ4n) is 1.52. The van der Waals surface area contributed by atoms with E-state index in [1.807, 2.05) is 0 Å². The second-order valence-electron chi connectivity index (χ2n) is 2.82. The van der Waals surface area contributed by atoms with Crippen LogP contribution in [0.2, 0.25) is 0 Å². The van der Waals surface area contributed by atoms with Crippen molar-refractivity contribution in [3.8, 4) is 0 Å². The molecule has 2 saturated heterocycles. The molecule has 2 fully saturated rings. The normalized spacial score (nSPS) is 55.8. The third-order valence-electron chi connectivity index (χ3n) is 2.00. The van der Waals surface area contributed by atoms with Crippen LogP contribution in [0.15, 0.2) is 0 Å². The zero-order valence-electron chi connectivity index (χ0n) is 9.68. The Balaban J connectivity index is 2.37. The molecule has 0 aromatic heterocycles. The Hall–Kier alpha value is -0.370. The van der Waals surface area contributed by atoms with Crippen LogP contribution in [0.1, 0.15) is 37.5 Å². The van der Waals surface area contributed by atoms with Crippen molar-refractivity contribution < 1.29 is 10.3 Å². The first-order valence-electron chi connectivity index (χ1n) is 5.68. The van der Waals surface area contributed by atoms with Crippen molar-refractivity contribution in [3.63, 3.8) is 0 Å². The number of piperidine rings is 2. The third kappa shape index (κ3) is 1.08. The molecule has 56 valence electrons. The molecular formula is C8H13NO. The molecule has 2 heteroatoms. The summed E-state index contributed by atoms with van der Waals surface area (Å²) in [6.07, 6.45) is -2.09. The minimum Gasteiger partial charge on any atom is -0.310 e. The first-order chi connectivity index (χ1) is 6.37. The van der Waals surface area contributed by atoms with Gasteiger partial charge in [0.05, 0.1) is 0 Å². The summed E-state index contributed by atoms with van der Waals surface area (Å²) < 4.78 is 30.3. The highest BCUT2D eigenvalue weighted by molar-refractivity contribution is 5.80. The SMILES string of the molecule is [2H]C1([2H])C(=O)C([2H])([2H])C2CCCC1N2. The highest BCUT2D eigenvalue weighted by Gasteiger charge is 2.29. The van der Waals surface area contributed by atoms with Gasteiger partial charge in [-0.05, 0) is 12.8 Å². The number of ketones is 1. The van der Waals surface area contributed by atoms with E-state index >= 15 is 0 Å². The van der Waals surface area contributed by atoms with Crippen molar-refractivity contribution in [1.82, 2.24) is 5.32 Å². The Morgan fingerprint density at radius 3 is 2.60 bits per heavy atom. The van der Waals surface area contributed by atoms with Crippen molar-refractivity contribution in [3.05, 3.63) is 0 Å². The molecule has 2 atom stereocenters. The molecule has 2 unspecified atom stereocenters. The Morgan fingerprint density at radius 1 is 1.40 bits per heavy atom.